The van der Waals surface area contributed by atoms with Crippen LogP contribution in [-0.4, -0.2) is 34.7 Å². The van der Waals surface area contributed by atoms with E-state index in [1.54, 1.807) is 13.8 Å². The maximum atomic E-state index is 12.2. The summed E-state index contributed by atoms with van der Waals surface area (Å²) in [5.74, 6) is -1.32. The van der Waals surface area contributed by atoms with Crippen LogP contribution in [0.1, 0.15) is 25.9 Å². The van der Waals surface area contributed by atoms with Gasteiger partial charge in [0.25, 0.3) is 16.0 Å². The molecule has 2 rings (SSSR count). The summed E-state index contributed by atoms with van der Waals surface area (Å²) < 4.78 is 26.7. The second kappa shape index (κ2) is 5.37. The number of carboxylic acid groups (broad SMARTS) is 1. The highest BCUT2D eigenvalue weighted by Gasteiger charge is 2.23. The van der Waals surface area contributed by atoms with Crippen molar-refractivity contribution >= 4 is 33.3 Å². The van der Waals surface area contributed by atoms with Crippen LogP contribution < -0.4 is 4.72 Å². The molecule has 0 radical (unpaired) electrons. The molecule has 0 amide bonds. The van der Waals surface area contributed by atoms with Gasteiger partial charge in [-0.05, 0) is 26.8 Å². The van der Waals surface area contributed by atoms with Crippen LogP contribution in [0.3, 0.4) is 0 Å². The largest absolute Gasteiger partial charge is 0.477 e. The first-order valence-corrected chi connectivity index (χ1v) is 8.05. The van der Waals surface area contributed by atoms with Crippen LogP contribution in [0.2, 0.25) is 0 Å². The molecule has 0 atom stereocenters. The number of hydrogen-bond acceptors (Lipinski definition) is 7. The smallest absolute Gasteiger partial charge is 0.345 e. The molecule has 2 N–H and O–H groups in total. The minimum Gasteiger partial charge on any atom is -0.477 e. The van der Waals surface area contributed by atoms with Crippen molar-refractivity contribution in [3.8, 4) is 0 Å². The lowest BCUT2D eigenvalue weighted by Crippen LogP contribution is -2.16. The van der Waals surface area contributed by atoms with E-state index < -0.39 is 16.0 Å². The lowest BCUT2D eigenvalue weighted by Gasteiger charge is -2.06. The van der Waals surface area contributed by atoms with Crippen molar-refractivity contribution in [2.75, 3.05) is 4.72 Å². The molecular weight excluding hydrogens is 316 g/mol. The third-order valence-corrected chi connectivity index (χ3v) is 5.31. The summed E-state index contributed by atoms with van der Waals surface area (Å²) in [4.78, 5) is 15.1. The number of hydrogen-bond donors (Lipinski definition) is 2. The predicted octanol–water partition coefficient (Wildman–Crippen LogP) is 1.36. The monoisotopic (exact) mass is 328 g/mol. The molecule has 0 aliphatic rings. The van der Waals surface area contributed by atoms with Crippen LogP contribution >= 0.6 is 11.3 Å². The predicted molar refractivity (Wildman–Crippen MR) is 76.1 cm³/mol. The van der Waals surface area contributed by atoms with E-state index in [1.165, 1.54) is 6.92 Å². The average Bonchev–Trinajstić information content (AvgIpc) is 2.77. The molecule has 0 saturated heterocycles. The molecule has 2 aromatic rings. The number of carbonyl (C=O) groups is 1. The number of aryl methyl sites for hydroxylation is 3. The summed E-state index contributed by atoms with van der Waals surface area (Å²) in [6.07, 6.45) is 0. The molecular formula is C11H12N4O4S2. The molecule has 2 heterocycles. The Balaban J connectivity index is 2.38. The molecule has 10 heteroatoms. The Morgan fingerprint density at radius 2 is 1.90 bits per heavy atom. The molecule has 0 fully saturated rings. The first-order valence-electron chi connectivity index (χ1n) is 5.75. The quantitative estimate of drug-likeness (QED) is 0.868. The van der Waals surface area contributed by atoms with Crippen molar-refractivity contribution < 1.29 is 18.3 Å². The summed E-state index contributed by atoms with van der Waals surface area (Å²) in [5.41, 5.74) is 1.15. The van der Waals surface area contributed by atoms with E-state index in [-0.39, 0.29) is 15.7 Å². The molecule has 2 aromatic heterocycles. The molecule has 112 valence electrons. The van der Waals surface area contributed by atoms with Crippen molar-refractivity contribution in [1.82, 2.24) is 15.2 Å². The zero-order valence-corrected chi connectivity index (χ0v) is 13.0. The van der Waals surface area contributed by atoms with E-state index in [9.17, 15) is 13.2 Å². The van der Waals surface area contributed by atoms with Crippen molar-refractivity contribution in [1.29, 1.82) is 0 Å². The van der Waals surface area contributed by atoms with Gasteiger partial charge in [0.2, 0.25) is 0 Å². The minimum atomic E-state index is -3.95. The highest BCUT2D eigenvalue weighted by molar-refractivity contribution is 7.92. The van der Waals surface area contributed by atoms with Crippen molar-refractivity contribution in [2.24, 2.45) is 0 Å². The van der Waals surface area contributed by atoms with Gasteiger partial charge in [-0.1, -0.05) is 0 Å². The van der Waals surface area contributed by atoms with Gasteiger partial charge in [0, 0.05) is 4.88 Å². The van der Waals surface area contributed by atoms with Crippen molar-refractivity contribution in [3.05, 3.63) is 27.2 Å². The van der Waals surface area contributed by atoms with Gasteiger partial charge in [-0.25, -0.2) is 22.9 Å². The normalized spacial score (nSPS) is 11.4. The second-order valence-corrected chi connectivity index (χ2v) is 7.16. The number of nitrogens with zero attached hydrogens (tertiary/aromatic N) is 3. The highest BCUT2D eigenvalue weighted by atomic mass is 32.2. The molecule has 0 aromatic carbocycles. The third-order valence-electron chi connectivity index (χ3n) is 2.69. The van der Waals surface area contributed by atoms with Crippen molar-refractivity contribution in [2.45, 2.75) is 25.7 Å². The minimum absolute atomic E-state index is 0.0491. The number of thiophene rings is 1. The Morgan fingerprint density at radius 3 is 2.43 bits per heavy atom. The molecule has 0 saturated carbocycles. The SMILES string of the molecule is Cc1nnc(NS(=O)(=O)c2cc(C(=O)O)sc2C)nc1C. The van der Waals surface area contributed by atoms with Crippen LogP contribution in [-0.2, 0) is 10.0 Å². The number of rotatable bonds is 4. The first-order chi connectivity index (χ1) is 9.70. The molecule has 0 unspecified atom stereocenters. The summed E-state index contributed by atoms with van der Waals surface area (Å²) in [6.45, 7) is 4.92. The molecule has 0 aliphatic carbocycles. The number of anilines is 1. The Morgan fingerprint density at radius 1 is 1.24 bits per heavy atom. The summed E-state index contributed by atoms with van der Waals surface area (Å²) in [7, 11) is -3.95. The molecule has 0 aliphatic heterocycles. The van der Waals surface area contributed by atoms with Gasteiger partial charge in [0.05, 0.1) is 11.4 Å². The lowest BCUT2D eigenvalue weighted by molar-refractivity contribution is 0.0702. The van der Waals surface area contributed by atoms with E-state index in [0.29, 0.717) is 16.3 Å². The summed E-state index contributed by atoms with van der Waals surface area (Å²) in [6, 6.07) is 1.11. The van der Waals surface area contributed by atoms with Gasteiger partial charge in [-0.3, -0.25) is 0 Å². The van der Waals surface area contributed by atoms with Gasteiger partial charge in [-0.15, -0.1) is 16.4 Å². The zero-order valence-electron chi connectivity index (χ0n) is 11.4. The molecule has 0 spiro atoms. The fourth-order valence-electron chi connectivity index (χ4n) is 1.51. The van der Waals surface area contributed by atoms with Crippen LogP contribution in [0.15, 0.2) is 11.0 Å². The average molecular weight is 328 g/mol. The van der Waals surface area contributed by atoms with Gasteiger partial charge >= 0.3 is 5.97 Å². The van der Waals surface area contributed by atoms with E-state index in [1.807, 2.05) is 0 Å². The van der Waals surface area contributed by atoms with Crippen molar-refractivity contribution in [3.63, 3.8) is 0 Å². The van der Waals surface area contributed by atoms with E-state index in [2.05, 4.69) is 19.9 Å². The molecule has 8 nitrogen and oxygen atoms in total. The fraction of sp³-hybridized carbons (Fsp3) is 0.273. The summed E-state index contributed by atoms with van der Waals surface area (Å²) in [5, 5.41) is 16.3. The van der Waals surface area contributed by atoms with E-state index in [0.717, 1.165) is 17.4 Å². The fourth-order valence-corrected chi connectivity index (χ4v) is 3.88. The first kappa shape index (κ1) is 15.3. The number of carboxylic acids is 1. The maximum Gasteiger partial charge on any atom is 0.345 e. The summed E-state index contributed by atoms with van der Waals surface area (Å²) >= 11 is 0.890. The Hall–Kier alpha value is -2.07. The number of sulfonamides is 1. The van der Waals surface area contributed by atoms with Gasteiger partial charge in [-0.2, -0.15) is 5.10 Å². The van der Waals surface area contributed by atoms with Crippen LogP contribution in [0, 0.1) is 20.8 Å². The standard InChI is InChI=1S/C11H12N4O4S2/c1-5-6(2)13-14-11(12-5)15-21(18,19)9-4-8(10(16)17)20-7(9)3/h4H,1-3H3,(H,16,17)(H,12,14,15). The van der Waals surface area contributed by atoms with Gasteiger partial charge in [0.1, 0.15) is 9.77 Å². The molecule has 21 heavy (non-hydrogen) atoms. The third kappa shape index (κ3) is 3.16. The topological polar surface area (TPSA) is 122 Å². The lowest BCUT2D eigenvalue weighted by atomic mass is 10.4. The Labute approximate surface area is 124 Å². The number of nitrogens with one attached hydrogen (secondary N) is 1. The van der Waals surface area contributed by atoms with Gasteiger partial charge < -0.3 is 5.11 Å². The second-order valence-electron chi connectivity index (χ2n) is 4.25. The van der Waals surface area contributed by atoms with Crippen LogP contribution in [0.4, 0.5) is 5.95 Å². The van der Waals surface area contributed by atoms with E-state index in [4.69, 9.17) is 5.11 Å². The molecule has 0 bridgehead atoms. The Bertz CT molecular complexity index is 814. The van der Waals surface area contributed by atoms with Crippen LogP contribution in [0.25, 0.3) is 0 Å². The van der Waals surface area contributed by atoms with E-state index >= 15 is 0 Å². The van der Waals surface area contributed by atoms with Crippen LogP contribution in [0.5, 0.6) is 0 Å². The van der Waals surface area contributed by atoms with Gasteiger partial charge in [0.15, 0.2) is 0 Å². The maximum absolute atomic E-state index is 12.2. The highest BCUT2D eigenvalue weighted by Crippen LogP contribution is 2.26. The zero-order chi connectivity index (χ0) is 15.8. The Kier molecular flexibility index (Phi) is 3.92. The number of aromatic carboxylic acids is 1. The number of aromatic nitrogens is 3.